The second-order valence-electron chi connectivity index (χ2n) is 1.80. The number of aliphatic hydroxyl groups is 1. The third-order valence-corrected chi connectivity index (χ3v) is 0.904. The normalized spacial score (nSPS) is 13.5. The molecule has 0 rings (SSSR count). The first-order valence-corrected chi connectivity index (χ1v) is 3.22. The molecule has 1 unspecified atom stereocenters. The lowest BCUT2D eigenvalue weighted by Crippen LogP contribution is -2.14. The highest BCUT2D eigenvalue weighted by Crippen LogP contribution is 1.93. The Morgan fingerprint density at radius 2 is 2.40 bits per heavy atom. The van der Waals surface area contributed by atoms with Crippen LogP contribution in [0, 0.1) is 0 Å². The first kappa shape index (κ1) is 9.17. The van der Waals surface area contributed by atoms with Gasteiger partial charge in [-0.2, -0.15) is 0 Å². The molecule has 0 aliphatic carbocycles. The van der Waals surface area contributed by atoms with E-state index in [-0.39, 0.29) is 0 Å². The van der Waals surface area contributed by atoms with Gasteiger partial charge in [0.15, 0.2) is 0 Å². The van der Waals surface area contributed by atoms with Crippen LogP contribution in [0.3, 0.4) is 0 Å². The molecule has 0 radical (unpaired) electrons. The van der Waals surface area contributed by atoms with Gasteiger partial charge in [0, 0.05) is 12.5 Å². The largest absolute Gasteiger partial charge is 0.433 e. The molecule has 10 heavy (non-hydrogen) atoms. The fourth-order valence-electron chi connectivity index (χ4n) is 0.393. The van der Waals surface area contributed by atoms with E-state index in [1.54, 1.807) is 19.9 Å². The van der Waals surface area contributed by atoms with Crippen LogP contribution >= 0.6 is 0 Å². The lowest BCUT2D eigenvalue weighted by molar-refractivity contribution is -0.161. The molecule has 1 N–H and O–H groups in total. The van der Waals surface area contributed by atoms with Gasteiger partial charge in [-0.1, -0.05) is 13.0 Å². The molecular formula is C7H12O3. The van der Waals surface area contributed by atoms with Crippen molar-refractivity contribution in [3.63, 3.8) is 0 Å². The van der Waals surface area contributed by atoms with E-state index in [4.69, 9.17) is 5.11 Å². The number of hydrogen-bond donors (Lipinski definition) is 1. The van der Waals surface area contributed by atoms with Crippen molar-refractivity contribution in [3.05, 3.63) is 12.2 Å². The second-order valence-corrected chi connectivity index (χ2v) is 1.80. The smallest absolute Gasteiger partial charge is 0.332 e. The first-order valence-electron chi connectivity index (χ1n) is 3.22. The summed E-state index contributed by atoms with van der Waals surface area (Å²) in [5.74, 6) is -0.503. The molecule has 0 aliphatic heterocycles. The summed E-state index contributed by atoms with van der Waals surface area (Å²) in [7, 11) is 0. The van der Waals surface area contributed by atoms with E-state index in [1.807, 2.05) is 0 Å². The molecule has 58 valence electrons. The minimum absolute atomic E-state index is 0.420. The zero-order valence-electron chi connectivity index (χ0n) is 6.20. The second kappa shape index (κ2) is 4.99. The summed E-state index contributed by atoms with van der Waals surface area (Å²) in [5.41, 5.74) is 0. The third-order valence-electron chi connectivity index (χ3n) is 0.904. The Morgan fingerprint density at radius 1 is 1.80 bits per heavy atom. The third kappa shape index (κ3) is 4.09. The summed E-state index contributed by atoms with van der Waals surface area (Å²) in [6.07, 6.45) is 2.27. The van der Waals surface area contributed by atoms with Gasteiger partial charge >= 0.3 is 5.97 Å². The number of ether oxygens (including phenoxy) is 1. The van der Waals surface area contributed by atoms with E-state index >= 15 is 0 Å². The SMILES string of the molecule is CC=CC(=O)OC(O)CC. The van der Waals surface area contributed by atoms with Crippen LogP contribution < -0.4 is 0 Å². The number of carbonyl (C=O) groups is 1. The quantitative estimate of drug-likeness (QED) is 0.362. The topological polar surface area (TPSA) is 46.5 Å². The summed E-state index contributed by atoms with van der Waals surface area (Å²) >= 11 is 0. The van der Waals surface area contributed by atoms with Gasteiger partial charge in [0.05, 0.1) is 0 Å². The highest BCUT2D eigenvalue weighted by Gasteiger charge is 2.03. The number of hydrogen-bond acceptors (Lipinski definition) is 3. The van der Waals surface area contributed by atoms with Gasteiger partial charge in [-0.05, 0) is 6.92 Å². The minimum Gasteiger partial charge on any atom is -0.433 e. The van der Waals surface area contributed by atoms with Gasteiger partial charge in [0.25, 0.3) is 0 Å². The molecule has 0 aromatic rings. The van der Waals surface area contributed by atoms with Crippen molar-refractivity contribution in [2.75, 3.05) is 0 Å². The molecule has 0 spiro atoms. The molecule has 0 bridgehead atoms. The van der Waals surface area contributed by atoms with Gasteiger partial charge in [-0.25, -0.2) is 4.79 Å². The molecule has 0 aromatic carbocycles. The summed E-state index contributed by atoms with van der Waals surface area (Å²) in [5, 5.41) is 8.78. The van der Waals surface area contributed by atoms with Gasteiger partial charge in [-0.15, -0.1) is 0 Å². The molecule has 0 saturated carbocycles. The molecule has 0 saturated heterocycles. The maximum Gasteiger partial charge on any atom is 0.332 e. The molecule has 0 heterocycles. The molecule has 3 heteroatoms. The van der Waals surface area contributed by atoms with Crippen molar-refractivity contribution < 1.29 is 14.6 Å². The highest BCUT2D eigenvalue weighted by molar-refractivity contribution is 5.81. The maximum atomic E-state index is 10.5. The highest BCUT2D eigenvalue weighted by atomic mass is 16.6. The van der Waals surface area contributed by atoms with Gasteiger partial charge < -0.3 is 9.84 Å². The van der Waals surface area contributed by atoms with E-state index in [2.05, 4.69) is 4.74 Å². The standard InChI is InChI=1S/C7H12O3/c1-3-5-7(9)10-6(8)4-2/h3,5-6,8H,4H2,1-2H3. The van der Waals surface area contributed by atoms with Crippen molar-refractivity contribution >= 4 is 5.97 Å². The van der Waals surface area contributed by atoms with Crippen LogP contribution in [-0.2, 0) is 9.53 Å². The van der Waals surface area contributed by atoms with Crippen molar-refractivity contribution in [1.82, 2.24) is 0 Å². The Labute approximate surface area is 60.3 Å². The zero-order chi connectivity index (χ0) is 7.98. The maximum absolute atomic E-state index is 10.5. The average Bonchev–Trinajstić information content (AvgIpc) is 1.88. The monoisotopic (exact) mass is 144 g/mol. The summed E-state index contributed by atoms with van der Waals surface area (Å²) in [6.45, 7) is 3.44. The van der Waals surface area contributed by atoms with Crippen LogP contribution in [0.15, 0.2) is 12.2 Å². The lowest BCUT2D eigenvalue weighted by Gasteiger charge is -2.06. The number of aliphatic hydroxyl groups excluding tert-OH is 1. The molecule has 3 nitrogen and oxygen atoms in total. The van der Waals surface area contributed by atoms with Crippen LogP contribution in [0.25, 0.3) is 0 Å². The van der Waals surface area contributed by atoms with E-state index in [1.165, 1.54) is 6.08 Å². The molecular weight excluding hydrogens is 132 g/mol. The van der Waals surface area contributed by atoms with E-state index in [0.29, 0.717) is 6.42 Å². The minimum atomic E-state index is -0.969. The lowest BCUT2D eigenvalue weighted by atomic mass is 10.5. The Hall–Kier alpha value is -0.830. The number of esters is 1. The fraction of sp³-hybridized carbons (Fsp3) is 0.571. The van der Waals surface area contributed by atoms with Gasteiger partial charge in [0.1, 0.15) is 0 Å². The Bertz CT molecular complexity index is 129. The van der Waals surface area contributed by atoms with E-state index in [9.17, 15) is 4.79 Å². The Morgan fingerprint density at radius 3 is 2.80 bits per heavy atom. The Balaban J connectivity index is 3.57. The van der Waals surface area contributed by atoms with Gasteiger partial charge in [-0.3, -0.25) is 0 Å². The predicted molar refractivity (Wildman–Crippen MR) is 37.2 cm³/mol. The molecule has 0 amide bonds. The summed E-state index contributed by atoms with van der Waals surface area (Å²) in [4.78, 5) is 10.5. The van der Waals surface area contributed by atoms with Gasteiger partial charge in [0.2, 0.25) is 6.29 Å². The van der Waals surface area contributed by atoms with E-state index < -0.39 is 12.3 Å². The Kier molecular flexibility index (Phi) is 4.58. The number of rotatable bonds is 3. The van der Waals surface area contributed by atoms with E-state index in [0.717, 1.165) is 0 Å². The first-order chi connectivity index (χ1) is 4.70. The summed E-state index contributed by atoms with van der Waals surface area (Å²) < 4.78 is 4.47. The molecule has 0 aliphatic rings. The van der Waals surface area contributed by atoms with Crippen molar-refractivity contribution in [1.29, 1.82) is 0 Å². The van der Waals surface area contributed by atoms with Crippen LogP contribution in [0.2, 0.25) is 0 Å². The predicted octanol–water partition coefficient (Wildman–Crippen LogP) is 0.834. The number of allylic oxidation sites excluding steroid dienone is 1. The van der Waals surface area contributed by atoms with Crippen molar-refractivity contribution in [2.45, 2.75) is 26.6 Å². The van der Waals surface area contributed by atoms with Crippen molar-refractivity contribution in [2.24, 2.45) is 0 Å². The van der Waals surface area contributed by atoms with Crippen LogP contribution in [0.1, 0.15) is 20.3 Å². The van der Waals surface area contributed by atoms with Crippen molar-refractivity contribution in [3.8, 4) is 0 Å². The van der Waals surface area contributed by atoms with Crippen LogP contribution in [0.4, 0.5) is 0 Å². The number of carbonyl (C=O) groups excluding carboxylic acids is 1. The molecule has 0 fully saturated rings. The van der Waals surface area contributed by atoms with Crippen LogP contribution in [-0.4, -0.2) is 17.4 Å². The average molecular weight is 144 g/mol. The fourth-order valence-corrected chi connectivity index (χ4v) is 0.393. The molecule has 0 aromatic heterocycles. The van der Waals surface area contributed by atoms with Crippen LogP contribution in [0.5, 0.6) is 0 Å². The molecule has 1 atom stereocenters. The zero-order valence-corrected chi connectivity index (χ0v) is 6.20. The summed E-state index contributed by atoms with van der Waals surface area (Å²) in [6, 6.07) is 0.